The molecule has 3 nitrogen and oxygen atoms in total. The molecular weight excluding hydrogens is 276 g/mol. The molecule has 0 bridgehead atoms. The molecule has 2 heterocycles. The molecule has 0 aliphatic carbocycles. The number of hydrogen-bond donors (Lipinski definition) is 0. The fraction of sp³-hybridized carbons (Fsp3) is 0.579. The van der Waals surface area contributed by atoms with Gasteiger partial charge in [0.25, 0.3) is 0 Å². The highest BCUT2D eigenvalue weighted by atomic mass is 16.7. The molecule has 22 heavy (non-hydrogen) atoms. The van der Waals surface area contributed by atoms with Gasteiger partial charge in [0.2, 0.25) is 0 Å². The quantitative estimate of drug-likeness (QED) is 0.772. The number of benzene rings is 1. The highest BCUT2D eigenvalue weighted by Gasteiger charge is 2.30. The molecular formula is C19H26O3. The van der Waals surface area contributed by atoms with Crippen LogP contribution in [0.3, 0.4) is 0 Å². The van der Waals surface area contributed by atoms with Crippen molar-refractivity contribution in [3.8, 4) is 0 Å². The summed E-state index contributed by atoms with van der Waals surface area (Å²) in [5.74, 6) is 0. The third kappa shape index (κ3) is 3.97. The van der Waals surface area contributed by atoms with E-state index in [0.29, 0.717) is 6.10 Å². The van der Waals surface area contributed by atoms with E-state index in [1.165, 1.54) is 5.57 Å². The van der Waals surface area contributed by atoms with Crippen molar-refractivity contribution in [1.82, 2.24) is 0 Å². The van der Waals surface area contributed by atoms with Gasteiger partial charge < -0.3 is 14.2 Å². The van der Waals surface area contributed by atoms with E-state index in [0.717, 1.165) is 44.3 Å². The molecule has 0 spiro atoms. The van der Waals surface area contributed by atoms with E-state index in [2.05, 4.69) is 25.6 Å². The predicted octanol–water partition coefficient (Wildman–Crippen LogP) is 4.39. The monoisotopic (exact) mass is 302 g/mol. The van der Waals surface area contributed by atoms with Gasteiger partial charge in [-0.15, -0.1) is 0 Å². The van der Waals surface area contributed by atoms with Gasteiger partial charge in [-0.05, 0) is 25.7 Å². The van der Waals surface area contributed by atoms with Crippen molar-refractivity contribution >= 4 is 0 Å². The molecule has 0 N–H and O–H groups in total. The van der Waals surface area contributed by atoms with E-state index in [1.807, 2.05) is 18.2 Å². The van der Waals surface area contributed by atoms with Gasteiger partial charge in [0.1, 0.15) is 0 Å². The van der Waals surface area contributed by atoms with Crippen molar-refractivity contribution in [2.45, 2.75) is 63.6 Å². The summed E-state index contributed by atoms with van der Waals surface area (Å²) in [7, 11) is 0. The standard InChI is InChI=1S/C19H26O3/c1-3-16-11-14(2)12-18(21-16)13-17-9-10-20-19(22-17)15-7-5-4-6-8-15/h4-8,16-19H,2-3,9-13H2,1H3. The molecule has 3 heteroatoms. The van der Waals surface area contributed by atoms with Gasteiger partial charge in [0.15, 0.2) is 6.29 Å². The van der Waals surface area contributed by atoms with Crippen LogP contribution in [-0.4, -0.2) is 24.9 Å². The molecule has 0 saturated carbocycles. The highest BCUT2D eigenvalue weighted by molar-refractivity contribution is 5.16. The maximum absolute atomic E-state index is 6.17. The second-order valence-corrected chi connectivity index (χ2v) is 6.34. The highest BCUT2D eigenvalue weighted by Crippen LogP contribution is 2.32. The second-order valence-electron chi connectivity index (χ2n) is 6.34. The Kier molecular flexibility index (Phi) is 5.29. The van der Waals surface area contributed by atoms with Crippen molar-refractivity contribution in [2.75, 3.05) is 6.61 Å². The lowest BCUT2D eigenvalue weighted by molar-refractivity contribution is -0.225. The number of ether oxygens (including phenoxy) is 3. The summed E-state index contributed by atoms with van der Waals surface area (Å²) < 4.78 is 18.1. The zero-order valence-electron chi connectivity index (χ0n) is 13.4. The molecule has 1 aromatic carbocycles. The van der Waals surface area contributed by atoms with Gasteiger partial charge in [0.05, 0.1) is 24.9 Å². The lowest BCUT2D eigenvalue weighted by atomic mass is 9.94. The van der Waals surface area contributed by atoms with E-state index in [1.54, 1.807) is 0 Å². The van der Waals surface area contributed by atoms with Crippen LogP contribution in [0.15, 0.2) is 42.5 Å². The SMILES string of the molecule is C=C1CC(CC)OC(CC2CCOC(c3ccccc3)O2)C1. The zero-order chi connectivity index (χ0) is 15.4. The van der Waals surface area contributed by atoms with Gasteiger partial charge in [0, 0.05) is 12.0 Å². The Bertz CT molecular complexity index is 485. The maximum atomic E-state index is 6.17. The average molecular weight is 302 g/mol. The molecule has 4 unspecified atom stereocenters. The molecule has 0 radical (unpaired) electrons. The number of hydrogen-bond acceptors (Lipinski definition) is 3. The largest absolute Gasteiger partial charge is 0.374 e. The maximum Gasteiger partial charge on any atom is 0.184 e. The van der Waals surface area contributed by atoms with Crippen LogP contribution in [0.25, 0.3) is 0 Å². The van der Waals surface area contributed by atoms with E-state index < -0.39 is 0 Å². The lowest BCUT2D eigenvalue weighted by Gasteiger charge is -2.36. The van der Waals surface area contributed by atoms with Crippen LogP contribution in [0, 0.1) is 0 Å². The minimum absolute atomic E-state index is 0.201. The number of rotatable bonds is 4. The summed E-state index contributed by atoms with van der Waals surface area (Å²) in [5.41, 5.74) is 2.40. The van der Waals surface area contributed by atoms with Crippen LogP contribution in [0.5, 0.6) is 0 Å². The summed E-state index contributed by atoms with van der Waals surface area (Å²) in [6.45, 7) is 7.10. The van der Waals surface area contributed by atoms with E-state index >= 15 is 0 Å². The minimum Gasteiger partial charge on any atom is -0.374 e. The van der Waals surface area contributed by atoms with Crippen molar-refractivity contribution in [1.29, 1.82) is 0 Å². The van der Waals surface area contributed by atoms with Crippen LogP contribution >= 0.6 is 0 Å². The minimum atomic E-state index is -0.242. The van der Waals surface area contributed by atoms with Crippen molar-refractivity contribution in [2.24, 2.45) is 0 Å². The fourth-order valence-electron chi connectivity index (χ4n) is 3.32. The van der Waals surface area contributed by atoms with E-state index in [-0.39, 0.29) is 18.5 Å². The zero-order valence-corrected chi connectivity index (χ0v) is 13.4. The van der Waals surface area contributed by atoms with Crippen LogP contribution in [0.4, 0.5) is 0 Å². The van der Waals surface area contributed by atoms with Gasteiger partial charge in [-0.1, -0.05) is 49.4 Å². The molecule has 3 rings (SSSR count). The molecule has 1 aromatic rings. The van der Waals surface area contributed by atoms with Crippen LogP contribution < -0.4 is 0 Å². The predicted molar refractivity (Wildman–Crippen MR) is 86.6 cm³/mol. The lowest BCUT2D eigenvalue weighted by Crippen LogP contribution is -2.35. The molecule has 2 saturated heterocycles. The summed E-state index contributed by atoms with van der Waals surface area (Å²) >= 11 is 0. The van der Waals surface area contributed by atoms with Crippen LogP contribution in [-0.2, 0) is 14.2 Å². The smallest absolute Gasteiger partial charge is 0.184 e. The van der Waals surface area contributed by atoms with Gasteiger partial charge in [-0.25, -0.2) is 0 Å². The van der Waals surface area contributed by atoms with Crippen molar-refractivity contribution in [3.63, 3.8) is 0 Å². The Morgan fingerprint density at radius 3 is 2.59 bits per heavy atom. The summed E-state index contributed by atoms with van der Waals surface area (Å²) in [6, 6.07) is 10.2. The van der Waals surface area contributed by atoms with Gasteiger partial charge in [-0.3, -0.25) is 0 Å². The molecule has 0 amide bonds. The van der Waals surface area contributed by atoms with Crippen molar-refractivity contribution < 1.29 is 14.2 Å². The molecule has 2 aliphatic heterocycles. The Morgan fingerprint density at radius 2 is 1.82 bits per heavy atom. The third-order valence-corrected chi connectivity index (χ3v) is 4.50. The first kappa shape index (κ1) is 15.7. The van der Waals surface area contributed by atoms with Crippen LogP contribution in [0.1, 0.15) is 50.9 Å². The Hall–Kier alpha value is -1.16. The molecule has 2 fully saturated rings. The summed E-state index contributed by atoms with van der Waals surface area (Å²) in [5, 5.41) is 0. The molecule has 120 valence electrons. The Balaban J connectivity index is 1.57. The summed E-state index contributed by atoms with van der Waals surface area (Å²) in [6.07, 6.45) is 5.43. The first-order valence-electron chi connectivity index (χ1n) is 8.38. The van der Waals surface area contributed by atoms with Gasteiger partial charge in [-0.2, -0.15) is 0 Å². The normalized spacial score (nSPS) is 32.9. The third-order valence-electron chi connectivity index (χ3n) is 4.50. The topological polar surface area (TPSA) is 27.7 Å². The van der Waals surface area contributed by atoms with Gasteiger partial charge >= 0.3 is 0 Å². The molecule has 2 aliphatic rings. The first-order valence-corrected chi connectivity index (χ1v) is 8.38. The molecule has 4 atom stereocenters. The Labute approximate surface area is 133 Å². The van der Waals surface area contributed by atoms with Crippen LogP contribution in [0.2, 0.25) is 0 Å². The van der Waals surface area contributed by atoms with Crippen molar-refractivity contribution in [3.05, 3.63) is 48.0 Å². The second kappa shape index (κ2) is 7.40. The Morgan fingerprint density at radius 1 is 1.05 bits per heavy atom. The molecule has 0 aromatic heterocycles. The first-order chi connectivity index (χ1) is 10.7. The fourth-order valence-corrected chi connectivity index (χ4v) is 3.32. The van der Waals surface area contributed by atoms with E-state index in [4.69, 9.17) is 14.2 Å². The average Bonchev–Trinajstić information content (AvgIpc) is 2.55. The van der Waals surface area contributed by atoms with E-state index in [9.17, 15) is 0 Å². The summed E-state index contributed by atoms with van der Waals surface area (Å²) in [4.78, 5) is 0.